The molecule has 0 spiro atoms. The summed E-state index contributed by atoms with van der Waals surface area (Å²) in [6, 6.07) is 27.3. The molecule has 0 saturated carbocycles. The average Bonchev–Trinajstić information content (AvgIpc) is 3.27. The summed E-state index contributed by atoms with van der Waals surface area (Å²) in [6.45, 7) is 0. The van der Waals surface area contributed by atoms with Crippen LogP contribution in [0.5, 0.6) is 0 Å². The maximum absolute atomic E-state index is 5.67. The van der Waals surface area contributed by atoms with E-state index in [-0.39, 0.29) is 0 Å². The van der Waals surface area contributed by atoms with Gasteiger partial charge in [0, 0.05) is 28.7 Å². The van der Waals surface area contributed by atoms with Crippen LogP contribution in [0.2, 0.25) is 0 Å². The van der Waals surface area contributed by atoms with Gasteiger partial charge < -0.3 is 4.42 Å². The normalized spacial score (nSPS) is 11.4. The lowest BCUT2D eigenvalue weighted by Gasteiger charge is -2.09. The number of fused-ring (bicyclic) bond motifs is 4. The van der Waals surface area contributed by atoms with Crippen LogP contribution < -0.4 is 0 Å². The summed E-state index contributed by atoms with van der Waals surface area (Å²) >= 11 is 0. The van der Waals surface area contributed by atoms with E-state index in [4.69, 9.17) is 4.42 Å². The lowest BCUT2D eigenvalue weighted by Crippen LogP contribution is -1.89. The first-order valence-corrected chi connectivity index (χ1v) is 9.57. The van der Waals surface area contributed by atoms with E-state index in [0.29, 0.717) is 0 Å². The van der Waals surface area contributed by atoms with Gasteiger partial charge in [-0.1, -0.05) is 42.5 Å². The minimum absolute atomic E-state index is 0.815. The van der Waals surface area contributed by atoms with Gasteiger partial charge in [-0.15, -0.1) is 0 Å². The van der Waals surface area contributed by atoms with Crippen LogP contribution in [0.4, 0.5) is 0 Å². The van der Waals surface area contributed by atoms with E-state index in [1.807, 2.05) is 18.3 Å². The van der Waals surface area contributed by atoms with Gasteiger partial charge in [-0.2, -0.15) is 0 Å². The monoisotopic (exact) mass is 372 g/mol. The Morgan fingerprint density at radius 1 is 0.621 bits per heavy atom. The fourth-order valence-electron chi connectivity index (χ4n) is 4.00. The van der Waals surface area contributed by atoms with Gasteiger partial charge in [-0.05, 0) is 58.3 Å². The third-order valence-electron chi connectivity index (χ3n) is 5.43. The van der Waals surface area contributed by atoms with Crippen LogP contribution in [0.3, 0.4) is 0 Å². The van der Waals surface area contributed by atoms with Crippen molar-refractivity contribution in [3.05, 3.63) is 97.5 Å². The maximum Gasteiger partial charge on any atom is 0.160 e. The third-order valence-corrected chi connectivity index (χ3v) is 5.43. The molecule has 6 aromatic rings. The van der Waals surface area contributed by atoms with Gasteiger partial charge in [-0.25, -0.2) is 0 Å². The lowest BCUT2D eigenvalue weighted by atomic mass is 9.98. The van der Waals surface area contributed by atoms with E-state index in [1.54, 1.807) is 12.5 Å². The number of nitrogens with zero attached hydrogens (tertiary/aromatic N) is 2. The maximum atomic E-state index is 5.67. The molecule has 0 unspecified atom stereocenters. The molecule has 3 heteroatoms. The van der Waals surface area contributed by atoms with Crippen LogP contribution in [0, 0.1) is 0 Å². The van der Waals surface area contributed by atoms with Crippen LogP contribution in [0.25, 0.3) is 55.0 Å². The van der Waals surface area contributed by atoms with Gasteiger partial charge in [0.1, 0.15) is 5.52 Å². The predicted molar refractivity (Wildman–Crippen MR) is 118 cm³/mol. The van der Waals surface area contributed by atoms with Gasteiger partial charge in [0.2, 0.25) is 0 Å². The Morgan fingerprint density at radius 3 is 2.48 bits per heavy atom. The highest BCUT2D eigenvalue weighted by Crippen LogP contribution is 2.35. The molecule has 3 aromatic carbocycles. The highest BCUT2D eigenvalue weighted by molar-refractivity contribution is 6.09. The standard InChI is InChI=1S/C26H16N2O/c1-2-5-18-14-19(8-7-17(18)4-1)20-9-12-27-24(16-20)23-15-21-10-13-29-26(21)25-22(23)6-3-11-28-25/h1-16H. The molecule has 0 bridgehead atoms. The van der Waals surface area contributed by atoms with E-state index in [9.17, 15) is 0 Å². The second-order valence-corrected chi connectivity index (χ2v) is 7.15. The fourth-order valence-corrected chi connectivity index (χ4v) is 4.00. The number of aromatic nitrogens is 2. The Kier molecular flexibility index (Phi) is 3.47. The molecule has 0 saturated heterocycles. The second-order valence-electron chi connectivity index (χ2n) is 7.15. The highest BCUT2D eigenvalue weighted by Gasteiger charge is 2.13. The van der Waals surface area contributed by atoms with Crippen LogP contribution in [0.1, 0.15) is 0 Å². The number of rotatable bonds is 2. The summed E-state index contributed by atoms with van der Waals surface area (Å²) in [7, 11) is 0. The third kappa shape index (κ3) is 2.59. The van der Waals surface area contributed by atoms with E-state index in [1.165, 1.54) is 16.3 Å². The van der Waals surface area contributed by atoms with Crippen molar-refractivity contribution >= 4 is 32.6 Å². The Bertz CT molecular complexity index is 1510. The minimum atomic E-state index is 0.815. The first-order valence-electron chi connectivity index (χ1n) is 9.57. The molecular weight excluding hydrogens is 356 g/mol. The number of pyridine rings is 2. The smallest absolute Gasteiger partial charge is 0.160 e. The molecule has 0 atom stereocenters. The first-order chi connectivity index (χ1) is 14.4. The molecule has 0 aliphatic carbocycles. The first kappa shape index (κ1) is 16.0. The van der Waals surface area contributed by atoms with Crippen LogP contribution in [0.15, 0.2) is 102 Å². The molecule has 0 radical (unpaired) electrons. The summed E-state index contributed by atoms with van der Waals surface area (Å²) in [6.07, 6.45) is 5.39. The van der Waals surface area contributed by atoms with Gasteiger partial charge >= 0.3 is 0 Å². The van der Waals surface area contributed by atoms with E-state index < -0.39 is 0 Å². The molecule has 3 nitrogen and oxygen atoms in total. The molecule has 136 valence electrons. The van der Waals surface area contributed by atoms with Crippen molar-refractivity contribution in [1.29, 1.82) is 0 Å². The molecule has 29 heavy (non-hydrogen) atoms. The molecule has 3 heterocycles. The largest absolute Gasteiger partial charge is 0.462 e. The summed E-state index contributed by atoms with van der Waals surface area (Å²) in [5.74, 6) is 0. The van der Waals surface area contributed by atoms with Crippen molar-refractivity contribution in [2.24, 2.45) is 0 Å². The quantitative estimate of drug-likeness (QED) is 0.333. The molecule has 0 amide bonds. The molecule has 6 rings (SSSR count). The highest BCUT2D eigenvalue weighted by atomic mass is 16.3. The van der Waals surface area contributed by atoms with Gasteiger partial charge in [0.15, 0.2) is 5.58 Å². The summed E-state index contributed by atoms with van der Waals surface area (Å²) < 4.78 is 5.67. The Balaban J connectivity index is 1.56. The van der Waals surface area contributed by atoms with E-state index in [2.05, 4.69) is 76.7 Å². The minimum Gasteiger partial charge on any atom is -0.462 e. The van der Waals surface area contributed by atoms with Gasteiger partial charge in [-0.3, -0.25) is 9.97 Å². The Hall–Kier alpha value is -3.98. The lowest BCUT2D eigenvalue weighted by molar-refractivity contribution is 0.618. The van der Waals surface area contributed by atoms with Crippen LogP contribution >= 0.6 is 0 Å². The predicted octanol–water partition coefficient (Wildman–Crippen LogP) is 6.86. The zero-order chi connectivity index (χ0) is 19.2. The van der Waals surface area contributed by atoms with Crippen LogP contribution in [-0.2, 0) is 0 Å². The van der Waals surface area contributed by atoms with Crippen molar-refractivity contribution < 1.29 is 4.42 Å². The molecule has 3 aromatic heterocycles. The number of benzene rings is 3. The zero-order valence-corrected chi connectivity index (χ0v) is 15.5. The summed E-state index contributed by atoms with van der Waals surface area (Å²) in [5.41, 5.74) is 5.99. The van der Waals surface area contributed by atoms with Gasteiger partial charge in [0.05, 0.1) is 12.0 Å². The number of hydrogen-bond acceptors (Lipinski definition) is 3. The zero-order valence-electron chi connectivity index (χ0n) is 15.5. The van der Waals surface area contributed by atoms with Crippen molar-refractivity contribution in [2.75, 3.05) is 0 Å². The fraction of sp³-hybridized carbons (Fsp3) is 0. The molecule has 0 aliphatic rings. The van der Waals surface area contributed by atoms with Crippen molar-refractivity contribution in [3.8, 4) is 22.4 Å². The Labute approximate surface area is 167 Å². The molecule has 0 N–H and O–H groups in total. The SMILES string of the molecule is c1ccc2cc(-c3ccnc(-c4cc5ccoc5c5ncccc45)c3)ccc2c1. The topological polar surface area (TPSA) is 38.9 Å². The van der Waals surface area contributed by atoms with E-state index in [0.717, 1.165) is 38.7 Å². The molecular formula is C26H16N2O. The summed E-state index contributed by atoms with van der Waals surface area (Å²) in [4.78, 5) is 9.24. The van der Waals surface area contributed by atoms with Crippen molar-refractivity contribution in [1.82, 2.24) is 9.97 Å². The van der Waals surface area contributed by atoms with Crippen molar-refractivity contribution in [3.63, 3.8) is 0 Å². The van der Waals surface area contributed by atoms with Crippen LogP contribution in [-0.4, -0.2) is 9.97 Å². The van der Waals surface area contributed by atoms with E-state index >= 15 is 0 Å². The second kappa shape index (κ2) is 6.28. The molecule has 0 fully saturated rings. The number of hydrogen-bond donors (Lipinski definition) is 0. The average molecular weight is 372 g/mol. The molecule has 0 aliphatic heterocycles. The van der Waals surface area contributed by atoms with Gasteiger partial charge in [0.25, 0.3) is 0 Å². The Morgan fingerprint density at radius 2 is 1.52 bits per heavy atom. The summed E-state index contributed by atoms with van der Waals surface area (Å²) in [5, 5.41) is 4.55. The number of furan rings is 1. The van der Waals surface area contributed by atoms with Crippen molar-refractivity contribution in [2.45, 2.75) is 0 Å².